The van der Waals surface area contributed by atoms with Gasteiger partial charge in [0.05, 0.1) is 0 Å². The number of nitrogens with zero attached hydrogens (tertiary/aromatic N) is 2. The van der Waals surface area contributed by atoms with Crippen molar-refractivity contribution in [2.24, 2.45) is 5.92 Å². The van der Waals surface area contributed by atoms with Crippen LogP contribution in [0.4, 0.5) is 0 Å². The normalized spacial score (nSPS) is 25.3. The van der Waals surface area contributed by atoms with Crippen molar-refractivity contribution >= 4 is 11.8 Å². The minimum absolute atomic E-state index is 0.0382. The van der Waals surface area contributed by atoms with Crippen LogP contribution in [-0.4, -0.2) is 73.7 Å². The number of likely N-dealkylation sites (tertiary alicyclic amines) is 1. The number of carbonyl (C=O) groups is 2. The molecule has 0 spiro atoms. The van der Waals surface area contributed by atoms with Crippen LogP contribution in [0.5, 0.6) is 0 Å². The molecule has 0 saturated carbocycles. The van der Waals surface area contributed by atoms with Crippen LogP contribution in [0, 0.1) is 5.92 Å². The van der Waals surface area contributed by atoms with Gasteiger partial charge in [-0.15, -0.1) is 0 Å². The van der Waals surface area contributed by atoms with Crippen molar-refractivity contribution in [3.63, 3.8) is 0 Å². The van der Waals surface area contributed by atoms with Crippen molar-refractivity contribution in [3.8, 4) is 0 Å². The molecule has 6 heteroatoms. The molecule has 0 aromatic heterocycles. The second-order valence-electron chi connectivity index (χ2n) is 7.30. The van der Waals surface area contributed by atoms with E-state index in [0.29, 0.717) is 19.8 Å². The number of hydrogen-bond donors (Lipinski definition) is 0. The maximum Gasteiger partial charge on any atom is 0.249 e. The van der Waals surface area contributed by atoms with Crippen molar-refractivity contribution in [1.29, 1.82) is 0 Å². The summed E-state index contributed by atoms with van der Waals surface area (Å²) in [6.45, 7) is 2.97. The number of hydrogen-bond acceptors (Lipinski definition) is 4. The summed E-state index contributed by atoms with van der Waals surface area (Å²) in [7, 11) is 1.56. The fourth-order valence-electron chi connectivity index (χ4n) is 4.33. The van der Waals surface area contributed by atoms with Crippen molar-refractivity contribution in [2.45, 2.75) is 50.6 Å². The van der Waals surface area contributed by atoms with Crippen LogP contribution in [0.1, 0.15) is 38.5 Å². The summed E-state index contributed by atoms with van der Waals surface area (Å²) in [5.74, 6) is 0.391. The Kier molecular flexibility index (Phi) is 6.48. The summed E-state index contributed by atoms with van der Waals surface area (Å²) < 4.78 is 10.6. The Bertz CT molecular complexity index is 494. The first kappa shape index (κ1) is 18.4. The number of piperidine rings is 1. The van der Waals surface area contributed by atoms with E-state index in [1.54, 1.807) is 7.11 Å². The van der Waals surface area contributed by atoms with Gasteiger partial charge in [-0.25, -0.2) is 0 Å². The van der Waals surface area contributed by atoms with Gasteiger partial charge in [0.25, 0.3) is 0 Å². The monoisotopic (exact) mass is 350 g/mol. The molecule has 140 valence electrons. The molecule has 1 unspecified atom stereocenters. The molecule has 2 fully saturated rings. The lowest BCUT2D eigenvalue weighted by Crippen LogP contribution is -2.57. The predicted octanol–water partition coefficient (Wildman–Crippen LogP) is 1.60. The predicted molar refractivity (Wildman–Crippen MR) is 94.0 cm³/mol. The van der Waals surface area contributed by atoms with Gasteiger partial charge in [0.2, 0.25) is 11.8 Å². The van der Waals surface area contributed by atoms with Gasteiger partial charge >= 0.3 is 0 Å². The standard InChI is InChI=1S/C19H30N2O4/c1-24-14-18(22)21(16-8-11-25-12-9-16)17-7-4-10-20(13-17)19(23)15-5-2-3-6-15/h2-3,15-17H,4-14H2,1H3. The molecule has 2 amide bonds. The Morgan fingerprint density at radius 1 is 1.16 bits per heavy atom. The van der Waals surface area contributed by atoms with Gasteiger partial charge in [0.1, 0.15) is 6.61 Å². The van der Waals surface area contributed by atoms with E-state index in [0.717, 1.165) is 45.1 Å². The maximum atomic E-state index is 12.8. The molecule has 2 heterocycles. The van der Waals surface area contributed by atoms with E-state index in [1.165, 1.54) is 0 Å². The van der Waals surface area contributed by atoms with E-state index < -0.39 is 0 Å². The molecule has 1 aliphatic carbocycles. The molecular weight excluding hydrogens is 320 g/mol. The van der Waals surface area contributed by atoms with Crippen molar-refractivity contribution in [2.75, 3.05) is 40.0 Å². The van der Waals surface area contributed by atoms with E-state index in [1.807, 2.05) is 9.80 Å². The first-order valence-electron chi connectivity index (χ1n) is 9.52. The van der Waals surface area contributed by atoms with Crippen LogP contribution in [-0.2, 0) is 19.1 Å². The summed E-state index contributed by atoms with van der Waals surface area (Å²) in [6.07, 6.45) is 9.55. The Hall–Kier alpha value is -1.40. The molecular formula is C19H30N2O4. The highest BCUT2D eigenvalue weighted by atomic mass is 16.5. The molecule has 25 heavy (non-hydrogen) atoms. The third-order valence-electron chi connectivity index (χ3n) is 5.60. The number of carbonyl (C=O) groups excluding carboxylic acids is 2. The lowest BCUT2D eigenvalue weighted by Gasteiger charge is -2.44. The molecule has 0 aromatic carbocycles. The second-order valence-corrected chi connectivity index (χ2v) is 7.30. The third-order valence-corrected chi connectivity index (χ3v) is 5.60. The van der Waals surface area contributed by atoms with Gasteiger partial charge < -0.3 is 19.3 Å². The zero-order chi connectivity index (χ0) is 17.6. The van der Waals surface area contributed by atoms with Crippen LogP contribution >= 0.6 is 0 Å². The fourth-order valence-corrected chi connectivity index (χ4v) is 4.33. The highest BCUT2D eigenvalue weighted by Gasteiger charge is 2.36. The highest BCUT2D eigenvalue weighted by Crippen LogP contribution is 2.26. The number of methoxy groups -OCH3 is 1. The number of allylic oxidation sites excluding steroid dienone is 2. The van der Waals surface area contributed by atoms with Crippen LogP contribution in [0.15, 0.2) is 12.2 Å². The van der Waals surface area contributed by atoms with Gasteiger partial charge in [0.15, 0.2) is 0 Å². The van der Waals surface area contributed by atoms with E-state index in [4.69, 9.17) is 9.47 Å². The van der Waals surface area contributed by atoms with E-state index in [9.17, 15) is 9.59 Å². The SMILES string of the molecule is COCC(=O)N(C1CCOCC1)C1CCCN(C(=O)C2CC=CC2)C1. The minimum Gasteiger partial charge on any atom is -0.381 e. The molecule has 0 bridgehead atoms. The smallest absolute Gasteiger partial charge is 0.249 e. The Morgan fingerprint density at radius 3 is 2.56 bits per heavy atom. The molecule has 0 N–H and O–H groups in total. The average Bonchev–Trinajstić information content (AvgIpc) is 3.17. The lowest BCUT2D eigenvalue weighted by molar-refractivity contribution is -0.148. The average molecular weight is 350 g/mol. The van der Waals surface area contributed by atoms with Crippen molar-refractivity contribution in [3.05, 3.63) is 12.2 Å². The van der Waals surface area contributed by atoms with Crippen molar-refractivity contribution in [1.82, 2.24) is 9.80 Å². The molecule has 3 aliphatic rings. The number of ether oxygens (including phenoxy) is 2. The summed E-state index contributed by atoms with van der Waals surface area (Å²) in [6, 6.07) is 0.294. The van der Waals surface area contributed by atoms with Gasteiger partial charge in [-0.3, -0.25) is 9.59 Å². The summed E-state index contributed by atoms with van der Waals surface area (Å²) >= 11 is 0. The van der Waals surface area contributed by atoms with Crippen LogP contribution in [0.2, 0.25) is 0 Å². The summed E-state index contributed by atoms with van der Waals surface area (Å²) in [5, 5.41) is 0. The van der Waals surface area contributed by atoms with Gasteiger partial charge in [-0.1, -0.05) is 12.2 Å². The third kappa shape index (κ3) is 4.42. The molecule has 1 atom stereocenters. The molecule has 3 rings (SSSR count). The second kappa shape index (κ2) is 8.81. The lowest BCUT2D eigenvalue weighted by atomic mass is 9.96. The number of rotatable bonds is 5. The Balaban J connectivity index is 1.68. The zero-order valence-corrected chi connectivity index (χ0v) is 15.2. The summed E-state index contributed by atoms with van der Waals surface area (Å²) in [5.41, 5.74) is 0. The minimum atomic E-state index is 0.0382. The first-order chi connectivity index (χ1) is 12.2. The van der Waals surface area contributed by atoms with Crippen LogP contribution < -0.4 is 0 Å². The topological polar surface area (TPSA) is 59.1 Å². The molecule has 0 radical (unpaired) electrons. The maximum absolute atomic E-state index is 12.8. The summed E-state index contributed by atoms with van der Waals surface area (Å²) in [4.78, 5) is 29.5. The van der Waals surface area contributed by atoms with E-state index in [2.05, 4.69) is 12.2 Å². The Labute approximate surface area is 150 Å². The molecule has 2 aliphatic heterocycles. The van der Waals surface area contributed by atoms with E-state index in [-0.39, 0.29) is 36.4 Å². The first-order valence-corrected chi connectivity index (χ1v) is 9.52. The molecule has 2 saturated heterocycles. The Morgan fingerprint density at radius 2 is 1.88 bits per heavy atom. The van der Waals surface area contributed by atoms with Gasteiger partial charge in [-0.05, 0) is 38.5 Å². The largest absolute Gasteiger partial charge is 0.381 e. The molecule has 0 aromatic rings. The highest BCUT2D eigenvalue weighted by molar-refractivity contribution is 5.80. The molecule has 6 nitrogen and oxygen atoms in total. The van der Waals surface area contributed by atoms with Crippen molar-refractivity contribution < 1.29 is 19.1 Å². The fraction of sp³-hybridized carbons (Fsp3) is 0.789. The quantitative estimate of drug-likeness (QED) is 0.707. The zero-order valence-electron chi connectivity index (χ0n) is 15.2. The van der Waals surface area contributed by atoms with Gasteiger partial charge in [0, 0.05) is 51.4 Å². The van der Waals surface area contributed by atoms with Gasteiger partial charge in [-0.2, -0.15) is 0 Å². The van der Waals surface area contributed by atoms with E-state index >= 15 is 0 Å². The van der Waals surface area contributed by atoms with Crippen LogP contribution in [0.25, 0.3) is 0 Å². The van der Waals surface area contributed by atoms with Crippen LogP contribution in [0.3, 0.4) is 0 Å². The number of amides is 2.